The molecule has 1 aromatic carbocycles. The van der Waals surface area contributed by atoms with Crippen LogP contribution in [0.3, 0.4) is 0 Å². The van der Waals surface area contributed by atoms with Crippen LogP contribution in [0.4, 0.5) is 11.5 Å². The molecule has 0 unspecified atom stereocenters. The van der Waals surface area contributed by atoms with Gasteiger partial charge in [0.15, 0.2) is 17.4 Å². The molecule has 3 N–H and O–H groups in total. The average molecular weight is 272 g/mol. The van der Waals surface area contributed by atoms with Gasteiger partial charge in [-0.2, -0.15) is 0 Å². The normalized spacial score (nSPS) is 11.2. The number of aromatic nitrogens is 1. The van der Waals surface area contributed by atoms with Crippen LogP contribution in [0.5, 0.6) is 5.75 Å². The lowest BCUT2D eigenvalue weighted by atomic mass is 10.2. The van der Waals surface area contributed by atoms with Gasteiger partial charge < -0.3 is 20.6 Å². The highest BCUT2D eigenvalue weighted by atomic mass is 16.5. The van der Waals surface area contributed by atoms with Gasteiger partial charge in [-0.1, -0.05) is 5.16 Å². The molecule has 0 atom stereocenters. The summed E-state index contributed by atoms with van der Waals surface area (Å²) in [5.41, 5.74) is 7.10. The predicted octanol–water partition coefficient (Wildman–Crippen LogP) is 1.95. The van der Waals surface area contributed by atoms with E-state index in [1.54, 1.807) is 25.4 Å². The number of nitrogens with two attached hydrogens (primary N) is 1. The molecule has 1 heterocycles. The number of nitrogens with zero attached hydrogens (tertiary/aromatic N) is 3. The monoisotopic (exact) mass is 272 g/mol. The zero-order valence-electron chi connectivity index (χ0n) is 11.3. The van der Waals surface area contributed by atoms with Gasteiger partial charge in [0.1, 0.15) is 0 Å². The molecule has 0 bridgehead atoms. The van der Waals surface area contributed by atoms with Crippen molar-refractivity contribution in [2.75, 3.05) is 19.1 Å². The van der Waals surface area contributed by atoms with Gasteiger partial charge in [0.2, 0.25) is 0 Å². The minimum absolute atomic E-state index is 0.0784. The summed E-state index contributed by atoms with van der Waals surface area (Å²) < 4.78 is 5.29. The summed E-state index contributed by atoms with van der Waals surface area (Å²) in [7, 11) is 3.50. The number of rotatable bonds is 4. The summed E-state index contributed by atoms with van der Waals surface area (Å²) in [5.74, 6) is 1.48. The van der Waals surface area contributed by atoms with Gasteiger partial charge in [-0.3, -0.25) is 0 Å². The van der Waals surface area contributed by atoms with E-state index in [4.69, 9.17) is 15.7 Å². The fourth-order valence-corrected chi connectivity index (χ4v) is 1.83. The first-order valence-corrected chi connectivity index (χ1v) is 5.98. The molecule has 0 radical (unpaired) electrons. The molecule has 2 rings (SSSR count). The number of anilines is 2. The fraction of sp³-hybridized carbons (Fsp3) is 0.143. The maximum Gasteiger partial charge on any atom is 0.175 e. The molecule has 0 saturated heterocycles. The molecule has 6 heteroatoms. The van der Waals surface area contributed by atoms with Crippen molar-refractivity contribution in [2.45, 2.75) is 0 Å². The standard InChI is InChI=1S/C14H16N4O2/c1-18(14-12(20-2)4-3-9-16-14)11-7-5-10(6-8-11)13(15)17-19/h3-9,19H,1-2H3,(H2,15,17). The smallest absolute Gasteiger partial charge is 0.175 e. The highest BCUT2D eigenvalue weighted by molar-refractivity contribution is 5.97. The topological polar surface area (TPSA) is 84.0 Å². The molecule has 0 aliphatic carbocycles. The molecule has 0 aliphatic rings. The molecule has 0 amide bonds. The first-order valence-electron chi connectivity index (χ1n) is 5.98. The highest BCUT2D eigenvalue weighted by Gasteiger charge is 2.11. The molecular weight excluding hydrogens is 256 g/mol. The Labute approximate surface area is 117 Å². The summed E-state index contributed by atoms with van der Waals surface area (Å²) in [6.07, 6.45) is 1.71. The van der Waals surface area contributed by atoms with Crippen LogP contribution >= 0.6 is 0 Å². The second-order valence-corrected chi connectivity index (χ2v) is 4.12. The van der Waals surface area contributed by atoms with Crippen LogP contribution in [-0.4, -0.2) is 30.2 Å². The molecule has 0 fully saturated rings. The summed E-state index contributed by atoms with van der Waals surface area (Å²) in [4.78, 5) is 6.21. The van der Waals surface area contributed by atoms with Crippen LogP contribution in [0.15, 0.2) is 47.8 Å². The molecule has 1 aromatic heterocycles. The number of amidine groups is 1. The Bertz CT molecular complexity index is 611. The Hall–Kier alpha value is -2.76. The van der Waals surface area contributed by atoms with E-state index in [1.807, 2.05) is 36.2 Å². The summed E-state index contributed by atoms with van der Waals surface area (Å²) in [6.45, 7) is 0. The van der Waals surface area contributed by atoms with Gasteiger partial charge in [0.05, 0.1) is 7.11 Å². The van der Waals surface area contributed by atoms with Crippen LogP contribution < -0.4 is 15.4 Å². The second-order valence-electron chi connectivity index (χ2n) is 4.12. The number of methoxy groups -OCH3 is 1. The first kappa shape index (κ1) is 13.7. The highest BCUT2D eigenvalue weighted by Crippen LogP contribution is 2.29. The van der Waals surface area contributed by atoms with E-state index in [-0.39, 0.29) is 5.84 Å². The number of benzene rings is 1. The van der Waals surface area contributed by atoms with Crippen molar-refractivity contribution in [3.8, 4) is 5.75 Å². The van der Waals surface area contributed by atoms with E-state index in [0.29, 0.717) is 17.1 Å². The van der Waals surface area contributed by atoms with Crippen molar-refractivity contribution in [3.05, 3.63) is 48.2 Å². The minimum Gasteiger partial charge on any atom is -0.493 e. The van der Waals surface area contributed by atoms with Crippen LogP contribution in [0.1, 0.15) is 5.56 Å². The zero-order chi connectivity index (χ0) is 14.5. The van der Waals surface area contributed by atoms with Crippen LogP contribution in [-0.2, 0) is 0 Å². The van der Waals surface area contributed by atoms with Gasteiger partial charge in [0, 0.05) is 24.5 Å². The van der Waals surface area contributed by atoms with Crippen molar-refractivity contribution >= 4 is 17.3 Å². The third-order valence-electron chi connectivity index (χ3n) is 2.95. The van der Waals surface area contributed by atoms with Crippen molar-refractivity contribution in [2.24, 2.45) is 10.9 Å². The maximum atomic E-state index is 8.64. The van der Waals surface area contributed by atoms with E-state index >= 15 is 0 Å². The quantitative estimate of drug-likeness (QED) is 0.384. The Morgan fingerprint density at radius 2 is 2.00 bits per heavy atom. The lowest BCUT2D eigenvalue weighted by Crippen LogP contribution is -2.15. The molecule has 2 aromatic rings. The molecule has 20 heavy (non-hydrogen) atoms. The van der Waals surface area contributed by atoms with Crippen LogP contribution in [0.2, 0.25) is 0 Å². The number of pyridine rings is 1. The van der Waals surface area contributed by atoms with Crippen molar-refractivity contribution in [1.82, 2.24) is 4.98 Å². The fourth-order valence-electron chi connectivity index (χ4n) is 1.83. The third-order valence-corrected chi connectivity index (χ3v) is 2.95. The Kier molecular flexibility index (Phi) is 4.05. The van der Waals surface area contributed by atoms with Crippen LogP contribution in [0.25, 0.3) is 0 Å². The molecule has 104 valence electrons. The number of ether oxygens (including phenoxy) is 1. The Morgan fingerprint density at radius 3 is 2.60 bits per heavy atom. The largest absolute Gasteiger partial charge is 0.493 e. The molecular formula is C14H16N4O2. The van der Waals surface area contributed by atoms with E-state index in [2.05, 4.69) is 10.1 Å². The molecule has 0 saturated carbocycles. The summed E-state index contributed by atoms with van der Waals surface area (Å²) in [6, 6.07) is 10.9. The number of hydrogen-bond acceptors (Lipinski definition) is 5. The molecule has 6 nitrogen and oxygen atoms in total. The maximum absolute atomic E-state index is 8.64. The lowest BCUT2D eigenvalue weighted by Gasteiger charge is -2.20. The predicted molar refractivity (Wildman–Crippen MR) is 77.8 cm³/mol. The molecule has 0 spiro atoms. The van der Waals surface area contributed by atoms with Gasteiger partial charge >= 0.3 is 0 Å². The summed E-state index contributed by atoms with van der Waals surface area (Å²) in [5, 5.41) is 11.6. The van der Waals surface area contributed by atoms with Gasteiger partial charge in [-0.15, -0.1) is 0 Å². The summed E-state index contributed by atoms with van der Waals surface area (Å²) >= 11 is 0. The lowest BCUT2D eigenvalue weighted by molar-refractivity contribution is 0.318. The number of oxime groups is 1. The zero-order valence-corrected chi connectivity index (χ0v) is 11.3. The van der Waals surface area contributed by atoms with E-state index in [9.17, 15) is 0 Å². The van der Waals surface area contributed by atoms with Gasteiger partial charge in [0.25, 0.3) is 0 Å². The van der Waals surface area contributed by atoms with Crippen molar-refractivity contribution in [3.63, 3.8) is 0 Å². The van der Waals surface area contributed by atoms with E-state index in [1.165, 1.54) is 0 Å². The van der Waals surface area contributed by atoms with E-state index < -0.39 is 0 Å². The third kappa shape index (κ3) is 2.64. The van der Waals surface area contributed by atoms with Crippen molar-refractivity contribution in [1.29, 1.82) is 0 Å². The minimum atomic E-state index is 0.0784. The van der Waals surface area contributed by atoms with E-state index in [0.717, 1.165) is 5.69 Å². The van der Waals surface area contributed by atoms with Crippen LogP contribution in [0, 0.1) is 0 Å². The second kappa shape index (κ2) is 5.92. The Morgan fingerprint density at radius 1 is 1.30 bits per heavy atom. The average Bonchev–Trinajstić information content (AvgIpc) is 2.53. The van der Waals surface area contributed by atoms with Crippen molar-refractivity contribution < 1.29 is 9.94 Å². The molecule has 0 aliphatic heterocycles. The van der Waals surface area contributed by atoms with Gasteiger partial charge in [-0.05, 0) is 36.4 Å². The van der Waals surface area contributed by atoms with Gasteiger partial charge in [-0.25, -0.2) is 4.98 Å². The number of hydrogen-bond donors (Lipinski definition) is 2. The first-order chi connectivity index (χ1) is 9.67. The Balaban J connectivity index is 2.31. The SMILES string of the molecule is COc1cccnc1N(C)c1ccc(/C(N)=N/O)cc1.